The average Bonchev–Trinajstić information content (AvgIpc) is 3.39. The number of carboxylic acid groups (broad SMARTS) is 1. The van der Waals surface area contributed by atoms with Crippen LogP contribution in [0.3, 0.4) is 0 Å². The van der Waals surface area contributed by atoms with E-state index in [-0.39, 0.29) is 31.8 Å². The number of carbonyl (C=O) groups is 2. The van der Waals surface area contributed by atoms with Crippen LogP contribution >= 0.6 is 0 Å². The summed E-state index contributed by atoms with van der Waals surface area (Å²) >= 11 is 0. The fourth-order valence-electron chi connectivity index (χ4n) is 6.94. The SMILES string of the molecule is C.Cc1cc(F)c(C[C@@H](C(=O)O)N2CCN(C(=O)[C@@H]3CN(C4CCOCC4)C[C@H]3c3ccc(F)cc3F)[C@@H](C)C2)cc1C. The van der Waals surface area contributed by atoms with Crippen molar-refractivity contribution < 1.29 is 32.6 Å². The van der Waals surface area contributed by atoms with Crippen LogP contribution in [0.1, 0.15) is 55.4 Å². The molecule has 2 aromatic rings. The minimum Gasteiger partial charge on any atom is -0.480 e. The first-order valence-corrected chi connectivity index (χ1v) is 14.8. The monoisotopic (exact) mass is 603 g/mol. The van der Waals surface area contributed by atoms with Gasteiger partial charge in [-0.25, -0.2) is 13.2 Å². The van der Waals surface area contributed by atoms with Crippen molar-refractivity contribution in [2.75, 3.05) is 45.9 Å². The predicted octanol–water partition coefficient (Wildman–Crippen LogP) is 4.78. The van der Waals surface area contributed by atoms with Gasteiger partial charge in [-0.05, 0) is 68.0 Å². The van der Waals surface area contributed by atoms with Crippen molar-refractivity contribution >= 4 is 11.9 Å². The van der Waals surface area contributed by atoms with Crippen LogP contribution in [-0.2, 0) is 20.7 Å². The number of amides is 1. The van der Waals surface area contributed by atoms with E-state index in [1.807, 2.05) is 25.7 Å². The van der Waals surface area contributed by atoms with Crippen LogP contribution in [0.2, 0.25) is 0 Å². The smallest absolute Gasteiger partial charge is 0.321 e. The highest BCUT2D eigenvalue weighted by atomic mass is 19.1. The van der Waals surface area contributed by atoms with Crippen molar-refractivity contribution in [1.82, 2.24) is 14.7 Å². The van der Waals surface area contributed by atoms with E-state index in [2.05, 4.69) is 4.90 Å². The molecule has 4 atom stereocenters. The number of likely N-dealkylation sites (tertiary alicyclic amines) is 1. The lowest BCUT2D eigenvalue weighted by Crippen LogP contribution is -2.59. The largest absolute Gasteiger partial charge is 0.480 e. The molecule has 7 nitrogen and oxygen atoms in total. The Hall–Kier alpha value is -2.95. The first kappa shape index (κ1) is 33.0. The van der Waals surface area contributed by atoms with Gasteiger partial charge >= 0.3 is 5.97 Å². The summed E-state index contributed by atoms with van der Waals surface area (Å²) in [6.45, 7) is 8.80. The molecule has 0 radical (unpaired) electrons. The van der Waals surface area contributed by atoms with E-state index < -0.39 is 41.3 Å². The van der Waals surface area contributed by atoms with E-state index >= 15 is 4.39 Å². The highest BCUT2D eigenvalue weighted by molar-refractivity contribution is 5.81. The van der Waals surface area contributed by atoms with E-state index in [1.165, 1.54) is 18.2 Å². The second kappa shape index (κ2) is 13.8. The molecule has 0 aromatic heterocycles. The van der Waals surface area contributed by atoms with Crippen LogP contribution in [0, 0.1) is 37.2 Å². The highest BCUT2D eigenvalue weighted by Gasteiger charge is 2.45. The molecule has 3 heterocycles. The molecule has 236 valence electrons. The lowest BCUT2D eigenvalue weighted by molar-refractivity contribution is -0.147. The van der Waals surface area contributed by atoms with E-state index in [1.54, 1.807) is 11.0 Å². The number of nitrogens with zero attached hydrogens (tertiary/aromatic N) is 3. The van der Waals surface area contributed by atoms with Gasteiger partial charge in [-0.1, -0.05) is 19.6 Å². The number of aliphatic carboxylic acids is 1. The lowest BCUT2D eigenvalue weighted by atomic mass is 9.87. The lowest BCUT2D eigenvalue weighted by Gasteiger charge is -2.43. The van der Waals surface area contributed by atoms with Crippen molar-refractivity contribution in [2.45, 2.75) is 71.5 Å². The molecular formula is C33H44F3N3O4. The average molecular weight is 604 g/mol. The second-order valence-electron chi connectivity index (χ2n) is 12.1. The van der Waals surface area contributed by atoms with E-state index in [0.717, 1.165) is 30.0 Å². The minimum absolute atomic E-state index is 0. The Kier molecular flexibility index (Phi) is 10.6. The Bertz CT molecular complexity index is 1320. The molecular weight excluding hydrogens is 559 g/mol. The molecule has 0 bridgehead atoms. The number of halogens is 3. The quantitative estimate of drug-likeness (QED) is 0.491. The summed E-state index contributed by atoms with van der Waals surface area (Å²) in [5, 5.41) is 10.1. The topological polar surface area (TPSA) is 73.3 Å². The molecule has 3 aliphatic heterocycles. The Morgan fingerprint density at radius 3 is 2.33 bits per heavy atom. The summed E-state index contributed by atoms with van der Waals surface area (Å²) in [6.07, 6.45) is 1.70. The van der Waals surface area contributed by atoms with Crippen LogP contribution in [0.25, 0.3) is 0 Å². The van der Waals surface area contributed by atoms with Crippen LogP contribution in [0.4, 0.5) is 13.2 Å². The van der Waals surface area contributed by atoms with E-state index in [0.29, 0.717) is 57.1 Å². The summed E-state index contributed by atoms with van der Waals surface area (Å²) in [6, 6.07) is 5.72. The van der Waals surface area contributed by atoms with E-state index in [4.69, 9.17) is 4.74 Å². The fourth-order valence-corrected chi connectivity index (χ4v) is 6.94. The van der Waals surface area contributed by atoms with Gasteiger partial charge in [0.1, 0.15) is 23.5 Å². The maximum absolute atomic E-state index is 15.0. The molecule has 0 spiro atoms. The van der Waals surface area contributed by atoms with Gasteiger partial charge in [-0.15, -0.1) is 0 Å². The Balaban J connectivity index is 0.00000423. The number of carbonyl (C=O) groups excluding carboxylic acids is 1. The maximum atomic E-state index is 15.0. The zero-order valence-corrected chi connectivity index (χ0v) is 24.5. The van der Waals surface area contributed by atoms with Crippen molar-refractivity contribution in [3.8, 4) is 0 Å². The first-order chi connectivity index (χ1) is 20.0. The summed E-state index contributed by atoms with van der Waals surface area (Å²) in [5.41, 5.74) is 2.42. The number of hydrogen-bond donors (Lipinski definition) is 1. The van der Waals surface area contributed by atoms with Gasteiger partial charge in [0.25, 0.3) is 0 Å². The second-order valence-corrected chi connectivity index (χ2v) is 12.1. The Morgan fingerprint density at radius 1 is 0.977 bits per heavy atom. The standard InChI is InChI=1S/C32H40F3N3O4.CH4/c1-19-12-22(28(34)13-20(19)2)14-30(32(40)41)36-8-9-38(21(3)16-36)31(39)27-18-37(24-6-10-42-11-7-24)17-26(27)25-5-4-23(33)15-29(25)35;/h4-5,12-13,15,21,24,26-27,30H,6-11,14,16-18H2,1-3H3,(H,40,41);1H4/t21-,26-,27+,30-;/m0./s1. The zero-order chi connectivity index (χ0) is 30.1. The minimum atomic E-state index is -1.03. The fraction of sp³-hybridized carbons (Fsp3) is 0.576. The third kappa shape index (κ3) is 7.07. The molecule has 0 saturated carbocycles. The number of benzene rings is 2. The highest BCUT2D eigenvalue weighted by Crippen LogP contribution is 2.38. The van der Waals surface area contributed by atoms with Crippen molar-refractivity contribution in [1.29, 1.82) is 0 Å². The third-order valence-corrected chi connectivity index (χ3v) is 9.48. The molecule has 5 rings (SSSR count). The Labute approximate surface area is 252 Å². The molecule has 1 N–H and O–H groups in total. The van der Waals surface area contributed by atoms with Gasteiger partial charge in [0.2, 0.25) is 5.91 Å². The first-order valence-electron chi connectivity index (χ1n) is 14.8. The number of carboxylic acids is 1. The van der Waals surface area contributed by atoms with Gasteiger partial charge in [-0.3, -0.25) is 19.4 Å². The molecule has 3 aliphatic rings. The number of piperazine rings is 1. The maximum Gasteiger partial charge on any atom is 0.321 e. The van der Waals surface area contributed by atoms with Gasteiger partial charge in [0.15, 0.2) is 0 Å². The van der Waals surface area contributed by atoms with Crippen LogP contribution < -0.4 is 0 Å². The van der Waals surface area contributed by atoms with Crippen LogP contribution in [-0.4, -0.2) is 95.7 Å². The zero-order valence-electron chi connectivity index (χ0n) is 24.5. The molecule has 3 saturated heterocycles. The van der Waals surface area contributed by atoms with Gasteiger partial charge in [-0.2, -0.15) is 0 Å². The van der Waals surface area contributed by atoms with Gasteiger partial charge < -0.3 is 14.7 Å². The predicted molar refractivity (Wildman–Crippen MR) is 158 cm³/mol. The normalized spacial score (nSPS) is 24.5. The number of rotatable bonds is 7. The van der Waals surface area contributed by atoms with Crippen molar-refractivity contribution in [3.05, 3.63) is 70.0 Å². The number of hydrogen-bond acceptors (Lipinski definition) is 5. The molecule has 10 heteroatoms. The van der Waals surface area contributed by atoms with Gasteiger partial charge in [0, 0.05) is 76.4 Å². The number of ether oxygens (including phenoxy) is 1. The molecule has 43 heavy (non-hydrogen) atoms. The van der Waals surface area contributed by atoms with E-state index in [9.17, 15) is 23.5 Å². The van der Waals surface area contributed by atoms with Gasteiger partial charge in [0.05, 0.1) is 5.92 Å². The molecule has 0 aliphatic carbocycles. The molecule has 2 aromatic carbocycles. The summed E-state index contributed by atoms with van der Waals surface area (Å²) in [5.74, 6) is -3.79. The Morgan fingerprint density at radius 2 is 1.67 bits per heavy atom. The molecule has 3 fully saturated rings. The van der Waals surface area contributed by atoms with Crippen LogP contribution in [0.15, 0.2) is 30.3 Å². The van der Waals surface area contributed by atoms with Crippen molar-refractivity contribution in [3.63, 3.8) is 0 Å². The van der Waals surface area contributed by atoms with Crippen molar-refractivity contribution in [2.24, 2.45) is 5.92 Å². The summed E-state index contributed by atoms with van der Waals surface area (Å²) < 4.78 is 49.0. The molecule has 1 amide bonds. The number of aryl methyl sites for hydroxylation is 2. The third-order valence-electron chi connectivity index (χ3n) is 9.48. The molecule has 0 unspecified atom stereocenters. The summed E-state index contributed by atoms with van der Waals surface area (Å²) in [7, 11) is 0. The van der Waals surface area contributed by atoms with Crippen LogP contribution in [0.5, 0.6) is 0 Å². The summed E-state index contributed by atoms with van der Waals surface area (Å²) in [4.78, 5) is 32.3.